The van der Waals surface area contributed by atoms with E-state index in [1.54, 1.807) is 4.90 Å². The van der Waals surface area contributed by atoms with Crippen molar-refractivity contribution in [1.82, 2.24) is 10.6 Å². The van der Waals surface area contributed by atoms with Crippen molar-refractivity contribution in [1.29, 1.82) is 0 Å². The minimum Gasteiger partial charge on any atom is -0.343 e. The highest BCUT2D eigenvalue weighted by atomic mass is 35.5. The van der Waals surface area contributed by atoms with Crippen molar-refractivity contribution in [2.24, 2.45) is 0 Å². The molecule has 0 bridgehead atoms. The first-order chi connectivity index (χ1) is 10.7. The maximum absolute atomic E-state index is 12.6. The normalized spacial score (nSPS) is 27.4. The van der Waals surface area contributed by atoms with Gasteiger partial charge >= 0.3 is 0 Å². The lowest BCUT2D eigenvalue weighted by Gasteiger charge is -2.24. The van der Waals surface area contributed by atoms with Gasteiger partial charge in [-0.05, 0) is 44.9 Å². The number of hydrogen-bond acceptors (Lipinski definition) is 3. The van der Waals surface area contributed by atoms with Crippen LogP contribution in [0.25, 0.3) is 0 Å². The number of nitrogens with one attached hydrogen (secondary N) is 2. The van der Waals surface area contributed by atoms with Crippen LogP contribution in [0.2, 0.25) is 0 Å². The number of amides is 2. The van der Waals surface area contributed by atoms with E-state index in [4.69, 9.17) is 0 Å². The van der Waals surface area contributed by atoms with Gasteiger partial charge in [0.15, 0.2) is 0 Å². The van der Waals surface area contributed by atoms with Gasteiger partial charge in [-0.15, -0.1) is 12.4 Å². The fourth-order valence-corrected chi connectivity index (χ4v) is 3.37. The second kappa shape index (κ2) is 7.79. The van der Waals surface area contributed by atoms with Crippen LogP contribution >= 0.6 is 12.4 Å². The van der Waals surface area contributed by atoms with Crippen LogP contribution in [0.5, 0.6) is 0 Å². The van der Waals surface area contributed by atoms with Gasteiger partial charge in [0.1, 0.15) is 6.04 Å². The molecule has 0 spiro atoms. The molecule has 23 heavy (non-hydrogen) atoms. The Kier molecular flexibility index (Phi) is 6.02. The fraction of sp³-hybridized carbons (Fsp3) is 0.529. The highest BCUT2D eigenvalue weighted by molar-refractivity contribution is 6.02. The summed E-state index contributed by atoms with van der Waals surface area (Å²) in [4.78, 5) is 26.7. The Morgan fingerprint density at radius 3 is 2.65 bits per heavy atom. The molecule has 126 valence electrons. The molecule has 2 saturated heterocycles. The molecule has 2 fully saturated rings. The molecule has 1 aromatic carbocycles. The maximum Gasteiger partial charge on any atom is 0.249 e. The molecule has 0 radical (unpaired) electrons. The van der Waals surface area contributed by atoms with E-state index in [1.807, 2.05) is 37.3 Å². The number of hydrogen-bond donors (Lipinski definition) is 2. The number of benzene rings is 1. The third-order valence-corrected chi connectivity index (χ3v) is 4.53. The number of carbonyl (C=O) groups excluding carboxylic acids is 2. The standard InChI is InChI=1S/C17H23N3O2.ClH/c1-12-11-15(19-16(21)14-9-5-6-10-18-14)17(22)20(12)13-7-3-2-4-8-13;/h2-4,7-8,12,14-15,18H,5-6,9-11H2,1H3,(H,19,21);1H. The van der Waals surface area contributed by atoms with Gasteiger partial charge in [-0.1, -0.05) is 24.6 Å². The van der Waals surface area contributed by atoms with Gasteiger partial charge in [-0.25, -0.2) is 0 Å². The molecule has 0 aliphatic carbocycles. The summed E-state index contributed by atoms with van der Waals surface area (Å²) in [5.41, 5.74) is 0.896. The van der Waals surface area contributed by atoms with Gasteiger partial charge in [-0.3, -0.25) is 9.59 Å². The van der Waals surface area contributed by atoms with Crippen LogP contribution in [0.4, 0.5) is 5.69 Å². The molecule has 6 heteroatoms. The van der Waals surface area contributed by atoms with Crippen LogP contribution < -0.4 is 15.5 Å². The second-order valence-corrected chi connectivity index (χ2v) is 6.19. The molecule has 2 aliphatic heterocycles. The number of halogens is 1. The molecule has 0 saturated carbocycles. The second-order valence-electron chi connectivity index (χ2n) is 6.19. The summed E-state index contributed by atoms with van der Waals surface area (Å²) in [6.45, 7) is 2.90. The smallest absolute Gasteiger partial charge is 0.249 e. The zero-order valence-electron chi connectivity index (χ0n) is 13.3. The van der Waals surface area contributed by atoms with Crippen molar-refractivity contribution in [3.8, 4) is 0 Å². The topological polar surface area (TPSA) is 61.4 Å². The van der Waals surface area contributed by atoms with Gasteiger partial charge in [0.2, 0.25) is 11.8 Å². The van der Waals surface area contributed by atoms with Gasteiger partial charge in [0, 0.05) is 11.7 Å². The van der Waals surface area contributed by atoms with Crippen molar-refractivity contribution < 1.29 is 9.59 Å². The number of anilines is 1. The van der Waals surface area contributed by atoms with Crippen LogP contribution in [0.1, 0.15) is 32.6 Å². The fourth-order valence-electron chi connectivity index (χ4n) is 3.37. The summed E-state index contributed by atoms with van der Waals surface area (Å²) in [5.74, 6) is -0.0528. The Balaban J connectivity index is 0.00000192. The SMILES string of the molecule is CC1CC(NC(=O)C2CCCCN2)C(=O)N1c1ccccc1.Cl. The van der Waals surface area contributed by atoms with Gasteiger partial charge in [0.25, 0.3) is 0 Å². The molecule has 1 aromatic rings. The largest absolute Gasteiger partial charge is 0.343 e. The Bertz CT molecular complexity index is 546. The quantitative estimate of drug-likeness (QED) is 0.885. The zero-order chi connectivity index (χ0) is 15.5. The predicted molar refractivity (Wildman–Crippen MR) is 92.8 cm³/mol. The van der Waals surface area contributed by atoms with E-state index >= 15 is 0 Å². The third-order valence-electron chi connectivity index (χ3n) is 4.53. The van der Waals surface area contributed by atoms with E-state index in [9.17, 15) is 9.59 Å². The third kappa shape index (κ3) is 3.85. The Hall–Kier alpha value is -1.59. The molecule has 3 atom stereocenters. The molecule has 3 rings (SSSR count). The lowest BCUT2D eigenvalue weighted by molar-refractivity contribution is -0.128. The Labute approximate surface area is 143 Å². The summed E-state index contributed by atoms with van der Waals surface area (Å²) in [6.07, 6.45) is 3.69. The summed E-state index contributed by atoms with van der Waals surface area (Å²) in [6, 6.07) is 9.18. The highest BCUT2D eigenvalue weighted by Gasteiger charge is 2.39. The van der Waals surface area contributed by atoms with E-state index in [1.165, 1.54) is 0 Å². The number of nitrogens with zero attached hydrogens (tertiary/aromatic N) is 1. The Morgan fingerprint density at radius 1 is 1.26 bits per heavy atom. The van der Waals surface area contributed by atoms with Crippen molar-refractivity contribution in [2.75, 3.05) is 11.4 Å². The van der Waals surface area contributed by atoms with Gasteiger partial charge in [-0.2, -0.15) is 0 Å². The minimum absolute atomic E-state index is 0. The summed E-state index contributed by atoms with van der Waals surface area (Å²) >= 11 is 0. The monoisotopic (exact) mass is 337 g/mol. The highest BCUT2D eigenvalue weighted by Crippen LogP contribution is 2.26. The molecule has 2 aliphatic rings. The van der Waals surface area contributed by atoms with Crippen LogP contribution in [-0.2, 0) is 9.59 Å². The molecular weight excluding hydrogens is 314 g/mol. The van der Waals surface area contributed by atoms with Crippen molar-refractivity contribution in [2.45, 2.75) is 50.7 Å². The van der Waals surface area contributed by atoms with Crippen molar-refractivity contribution >= 4 is 29.9 Å². The molecule has 3 unspecified atom stereocenters. The number of rotatable bonds is 3. The molecule has 0 aromatic heterocycles. The van der Waals surface area contributed by atoms with E-state index in [0.717, 1.165) is 31.5 Å². The molecule has 2 amide bonds. The van der Waals surface area contributed by atoms with Gasteiger partial charge in [0.05, 0.1) is 6.04 Å². The van der Waals surface area contributed by atoms with E-state index in [-0.39, 0.29) is 36.3 Å². The summed E-state index contributed by atoms with van der Waals surface area (Å²) < 4.78 is 0. The van der Waals surface area contributed by atoms with Gasteiger partial charge < -0.3 is 15.5 Å². The van der Waals surface area contributed by atoms with Crippen molar-refractivity contribution in [3.05, 3.63) is 30.3 Å². The first-order valence-corrected chi connectivity index (χ1v) is 8.08. The molecule has 2 N–H and O–H groups in total. The van der Waals surface area contributed by atoms with E-state index < -0.39 is 6.04 Å². The molecule has 5 nitrogen and oxygen atoms in total. The number of piperidine rings is 1. The van der Waals surface area contributed by atoms with Crippen LogP contribution in [-0.4, -0.2) is 36.5 Å². The van der Waals surface area contributed by atoms with Crippen LogP contribution in [0, 0.1) is 0 Å². The lowest BCUT2D eigenvalue weighted by atomic mass is 10.0. The first kappa shape index (κ1) is 17.8. The summed E-state index contributed by atoms with van der Waals surface area (Å²) in [7, 11) is 0. The van der Waals surface area contributed by atoms with Crippen LogP contribution in [0.15, 0.2) is 30.3 Å². The molecular formula is C17H24ClN3O2. The average molecular weight is 338 g/mol. The Morgan fingerprint density at radius 2 is 2.00 bits per heavy atom. The zero-order valence-corrected chi connectivity index (χ0v) is 14.1. The maximum atomic E-state index is 12.6. The van der Waals surface area contributed by atoms with E-state index in [0.29, 0.717) is 6.42 Å². The predicted octanol–water partition coefficient (Wildman–Crippen LogP) is 1.86. The first-order valence-electron chi connectivity index (χ1n) is 8.08. The lowest BCUT2D eigenvalue weighted by Crippen LogP contribution is -2.51. The number of para-hydroxylation sites is 1. The average Bonchev–Trinajstić information content (AvgIpc) is 2.83. The minimum atomic E-state index is -0.411. The number of carbonyl (C=O) groups is 2. The van der Waals surface area contributed by atoms with Crippen molar-refractivity contribution in [3.63, 3.8) is 0 Å². The van der Waals surface area contributed by atoms with Crippen LogP contribution in [0.3, 0.4) is 0 Å². The summed E-state index contributed by atoms with van der Waals surface area (Å²) in [5, 5.41) is 6.16. The van der Waals surface area contributed by atoms with E-state index in [2.05, 4.69) is 10.6 Å². The molecule has 2 heterocycles.